The SMILES string of the molecule is CCCCNC(=O)CNCC(C)(C)c1cccs1. The Kier molecular flexibility index (Phi) is 6.36. The van der Waals surface area contributed by atoms with Crippen LogP contribution in [0.3, 0.4) is 0 Å². The van der Waals surface area contributed by atoms with E-state index in [4.69, 9.17) is 0 Å². The second-order valence-electron chi connectivity index (χ2n) is 5.17. The fourth-order valence-corrected chi connectivity index (χ4v) is 2.56. The van der Waals surface area contributed by atoms with E-state index in [0.717, 1.165) is 25.9 Å². The maximum Gasteiger partial charge on any atom is 0.233 e. The summed E-state index contributed by atoms with van der Waals surface area (Å²) in [6, 6.07) is 4.22. The van der Waals surface area contributed by atoms with Gasteiger partial charge in [0.05, 0.1) is 6.54 Å². The van der Waals surface area contributed by atoms with Crippen molar-refractivity contribution in [2.75, 3.05) is 19.6 Å². The molecule has 102 valence electrons. The zero-order chi connectivity index (χ0) is 13.4. The molecule has 18 heavy (non-hydrogen) atoms. The van der Waals surface area contributed by atoms with Crippen molar-refractivity contribution in [1.29, 1.82) is 0 Å². The first-order valence-corrected chi connectivity index (χ1v) is 7.45. The average molecular weight is 268 g/mol. The highest BCUT2D eigenvalue weighted by Crippen LogP contribution is 2.26. The molecule has 2 N–H and O–H groups in total. The molecule has 0 aliphatic heterocycles. The Morgan fingerprint density at radius 2 is 2.22 bits per heavy atom. The number of hydrogen-bond donors (Lipinski definition) is 2. The van der Waals surface area contributed by atoms with Gasteiger partial charge < -0.3 is 10.6 Å². The minimum absolute atomic E-state index is 0.0812. The molecule has 0 saturated heterocycles. The van der Waals surface area contributed by atoms with Crippen LogP contribution in [0.5, 0.6) is 0 Å². The summed E-state index contributed by atoms with van der Waals surface area (Å²) in [4.78, 5) is 12.9. The molecule has 1 amide bonds. The number of hydrogen-bond acceptors (Lipinski definition) is 3. The Balaban J connectivity index is 2.23. The van der Waals surface area contributed by atoms with E-state index in [1.54, 1.807) is 11.3 Å². The van der Waals surface area contributed by atoms with Gasteiger partial charge in [-0.1, -0.05) is 33.3 Å². The number of thiophene rings is 1. The molecule has 0 fully saturated rings. The van der Waals surface area contributed by atoms with Gasteiger partial charge in [-0.3, -0.25) is 4.79 Å². The zero-order valence-electron chi connectivity index (χ0n) is 11.6. The monoisotopic (exact) mass is 268 g/mol. The number of amides is 1. The molecule has 3 nitrogen and oxygen atoms in total. The van der Waals surface area contributed by atoms with E-state index in [1.165, 1.54) is 4.88 Å². The minimum Gasteiger partial charge on any atom is -0.355 e. The fourth-order valence-electron chi connectivity index (χ4n) is 1.71. The van der Waals surface area contributed by atoms with Crippen LogP contribution in [0.1, 0.15) is 38.5 Å². The first-order chi connectivity index (χ1) is 8.56. The molecule has 1 rings (SSSR count). The van der Waals surface area contributed by atoms with Gasteiger partial charge in [-0.25, -0.2) is 0 Å². The van der Waals surface area contributed by atoms with Crippen molar-refractivity contribution < 1.29 is 4.79 Å². The van der Waals surface area contributed by atoms with Gasteiger partial charge >= 0.3 is 0 Å². The Morgan fingerprint density at radius 3 is 2.83 bits per heavy atom. The second-order valence-corrected chi connectivity index (χ2v) is 6.12. The van der Waals surface area contributed by atoms with Crippen molar-refractivity contribution >= 4 is 17.2 Å². The zero-order valence-corrected chi connectivity index (χ0v) is 12.4. The maximum atomic E-state index is 11.5. The van der Waals surface area contributed by atoms with Crippen LogP contribution >= 0.6 is 11.3 Å². The maximum absolute atomic E-state index is 11.5. The first kappa shape index (κ1) is 15.2. The van der Waals surface area contributed by atoms with Gasteiger partial charge in [0.25, 0.3) is 0 Å². The minimum atomic E-state index is 0.0812. The van der Waals surface area contributed by atoms with E-state index in [0.29, 0.717) is 6.54 Å². The topological polar surface area (TPSA) is 41.1 Å². The third kappa shape index (κ3) is 5.19. The van der Waals surface area contributed by atoms with E-state index in [2.05, 4.69) is 48.9 Å². The standard InChI is InChI=1S/C14H24N2OS/c1-4-5-8-16-13(17)10-15-11-14(2,3)12-7-6-9-18-12/h6-7,9,15H,4-5,8,10-11H2,1-3H3,(H,16,17). The fraction of sp³-hybridized carbons (Fsp3) is 0.643. The summed E-state index contributed by atoms with van der Waals surface area (Å²) in [5.74, 6) is 0.0884. The number of carbonyl (C=O) groups excluding carboxylic acids is 1. The van der Waals surface area contributed by atoms with Crippen LogP contribution in [0.15, 0.2) is 17.5 Å². The summed E-state index contributed by atoms with van der Waals surface area (Å²) in [7, 11) is 0. The van der Waals surface area contributed by atoms with Crippen LogP contribution in [-0.2, 0) is 10.2 Å². The van der Waals surface area contributed by atoms with Crippen molar-refractivity contribution in [2.45, 2.75) is 39.0 Å². The van der Waals surface area contributed by atoms with Gasteiger partial charge in [0.15, 0.2) is 0 Å². The molecular weight excluding hydrogens is 244 g/mol. The second kappa shape index (κ2) is 7.54. The largest absolute Gasteiger partial charge is 0.355 e. The molecule has 4 heteroatoms. The summed E-state index contributed by atoms with van der Waals surface area (Å²) in [5, 5.41) is 8.23. The van der Waals surface area contributed by atoms with Crippen molar-refractivity contribution in [1.82, 2.24) is 10.6 Å². The molecule has 0 aliphatic carbocycles. The normalized spacial score (nSPS) is 11.5. The predicted molar refractivity (Wildman–Crippen MR) is 78.1 cm³/mol. The van der Waals surface area contributed by atoms with Gasteiger partial charge in [-0.05, 0) is 17.9 Å². The third-order valence-electron chi connectivity index (χ3n) is 2.89. The molecule has 0 aromatic carbocycles. The molecular formula is C14H24N2OS. The van der Waals surface area contributed by atoms with E-state index < -0.39 is 0 Å². The van der Waals surface area contributed by atoms with Crippen LogP contribution in [-0.4, -0.2) is 25.5 Å². The van der Waals surface area contributed by atoms with Gasteiger partial charge in [0.2, 0.25) is 5.91 Å². The van der Waals surface area contributed by atoms with Crippen molar-refractivity contribution in [3.63, 3.8) is 0 Å². The average Bonchev–Trinajstić information content (AvgIpc) is 2.83. The van der Waals surface area contributed by atoms with Crippen LogP contribution in [0, 0.1) is 0 Å². The van der Waals surface area contributed by atoms with Gasteiger partial charge in [0, 0.05) is 23.4 Å². The Labute approximate surface area is 114 Å². The van der Waals surface area contributed by atoms with Crippen LogP contribution in [0.4, 0.5) is 0 Å². The lowest BCUT2D eigenvalue weighted by atomic mass is 9.91. The summed E-state index contributed by atoms with van der Waals surface area (Å²) in [6.45, 7) is 8.51. The van der Waals surface area contributed by atoms with E-state index in [-0.39, 0.29) is 11.3 Å². The van der Waals surface area contributed by atoms with Crippen LogP contribution < -0.4 is 10.6 Å². The molecule has 0 unspecified atom stereocenters. The van der Waals surface area contributed by atoms with Gasteiger partial charge in [-0.2, -0.15) is 0 Å². The highest BCUT2D eigenvalue weighted by Gasteiger charge is 2.21. The number of unbranched alkanes of at least 4 members (excludes halogenated alkanes) is 1. The quantitative estimate of drug-likeness (QED) is 0.711. The molecule has 0 atom stereocenters. The molecule has 1 heterocycles. The van der Waals surface area contributed by atoms with Gasteiger partial charge in [0.1, 0.15) is 0 Å². The number of carbonyl (C=O) groups is 1. The van der Waals surface area contributed by atoms with Crippen LogP contribution in [0.2, 0.25) is 0 Å². The summed E-state index contributed by atoms with van der Waals surface area (Å²) in [5.41, 5.74) is 0.0812. The summed E-state index contributed by atoms with van der Waals surface area (Å²) in [6.07, 6.45) is 2.16. The van der Waals surface area contributed by atoms with E-state index >= 15 is 0 Å². The van der Waals surface area contributed by atoms with Gasteiger partial charge in [-0.15, -0.1) is 11.3 Å². The Bertz CT molecular complexity index is 347. The Morgan fingerprint density at radius 1 is 1.44 bits per heavy atom. The molecule has 0 spiro atoms. The van der Waals surface area contributed by atoms with Crippen molar-refractivity contribution in [2.24, 2.45) is 0 Å². The molecule has 0 aliphatic rings. The predicted octanol–water partition coefficient (Wildman–Crippen LogP) is 2.53. The molecule has 1 aromatic rings. The Hall–Kier alpha value is -0.870. The lowest BCUT2D eigenvalue weighted by Crippen LogP contribution is -2.39. The van der Waals surface area contributed by atoms with Crippen molar-refractivity contribution in [3.8, 4) is 0 Å². The highest BCUT2D eigenvalue weighted by atomic mass is 32.1. The smallest absolute Gasteiger partial charge is 0.233 e. The molecule has 0 radical (unpaired) electrons. The number of rotatable bonds is 8. The first-order valence-electron chi connectivity index (χ1n) is 6.57. The van der Waals surface area contributed by atoms with Crippen LogP contribution in [0.25, 0.3) is 0 Å². The third-order valence-corrected chi connectivity index (χ3v) is 4.13. The molecule has 0 saturated carbocycles. The highest BCUT2D eigenvalue weighted by molar-refractivity contribution is 7.10. The van der Waals surface area contributed by atoms with E-state index in [9.17, 15) is 4.79 Å². The van der Waals surface area contributed by atoms with E-state index in [1.807, 2.05) is 0 Å². The lowest BCUT2D eigenvalue weighted by Gasteiger charge is -2.23. The molecule has 0 bridgehead atoms. The molecule has 1 aromatic heterocycles. The lowest BCUT2D eigenvalue weighted by molar-refractivity contribution is -0.120. The summed E-state index contributed by atoms with van der Waals surface area (Å²) >= 11 is 1.77. The summed E-state index contributed by atoms with van der Waals surface area (Å²) < 4.78 is 0. The number of nitrogens with one attached hydrogen (secondary N) is 2. The van der Waals surface area contributed by atoms with Crippen molar-refractivity contribution in [3.05, 3.63) is 22.4 Å².